The second kappa shape index (κ2) is 16.9. The van der Waals surface area contributed by atoms with E-state index in [4.69, 9.17) is 9.72 Å². The van der Waals surface area contributed by atoms with E-state index in [0.717, 1.165) is 77.8 Å². The van der Waals surface area contributed by atoms with Gasteiger partial charge >= 0.3 is 0 Å². The number of imidazole rings is 1. The van der Waals surface area contributed by atoms with Gasteiger partial charge in [-0.15, -0.1) is 29.7 Å². The second-order valence-electron chi connectivity index (χ2n) is 15.8. The Balaban J connectivity index is 0.00000471. The number of fused-ring (bicyclic) bond motifs is 4. The number of para-hydroxylation sites is 3. The van der Waals surface area contributed by atoms with E-state index in [1.165, 1.54) is 11.1 Å². The van der Waals surface area contributed by atoms with Gasteiger partial charge in [0.15, 0.2) is 0 Å². The predicted molar refractivity (Wildman–Crippen MR) is 250 cm³/mol. The Kier molecular flexibility index (Phi) is 10.6. The Hall–Kier alpha value is -7.33. The number of hydrogen-bond acceptors (Lipinski definition) is 2. The third-order valence-electron chi connectivity index (χ3n) is 11.6. The minimum Gasteiger partial charge on any atom is -0.510 e. The smallest absolute Gasteiger partial charge is 0.268 e. The van der Waals surface area contributed by atoms with Crippen LogP contribution in [0.25, 0.3) is 83.4 Å². The Labute approximate surface area is 381 Å². The van der Waals surface area contributed by atoms with Crippen LogP contribution >= 0.6 is 0 Å². The van der Waals surface area contributed by atoms with Gasteiger partial charge < -0.3 is 13.9 Å². The van der Waals surface area contributed by atoms with Gasteiger partial charge in [0.05, 0.1) is 16.7 Å². The van der Waals surface area contributed by atoms with Crippen molar-refractivity contribution in [3.63, 3.8) is 0 Å². The fourth-order valence-electron chi connectivity index (χ4n) is 8.58. The van der Waals surface area contributed by atoms with Crippen LogP contribution in [0, 0.1) is 18.5 Å². The van der Waals surface area contributed by atoms with Crippen molar-refractivity contribution < 1.29 is 30.4 Å². The molecule has 11 aromatic rings. The third kappa shape index (κ3) is 7.35. The van der Waals surface area contributed by atoms with Gasteiger partial charge in [-0.1, -0.05) is 165 Å². The van der Waals surface area contributed by atoms with Crippen molar-refractivity contribution in [2.24, 2.45) is 0 Å². The van der Waals surface area contributed by atoms with E-state index in [1.807, 2.05) is 36.5 Å². The van der Waals surface area contributed by atoms with Gasteiger partial charge in [-0.3, -0.25) is 4.57 Å². The molecule has 0 amide bonds. The Morgan fingerprint density at radius 1 is 0.540 bits per heavy atom. The molecule has 0 atom stereocenters. The molecule has 0 saturated heterocycles. The summed E-state index contributed by atoms with van der Waals surface area (Å²) in [6.45, 7) is 4.42. The Bertz CT molecular complexity index is 3350. The van der Waals surface area contributed by atoms with Crippen LogP contribution in [-0.4, -0.2) is 14.1 Å². The zero-order valence-corrected chi connectivity index (χ0v) is 36.9. The maximum atomic E-state index is 6.67. The standard InChI is InChI=1S/C57H40N4O.Pt/c1-39(2)43-32-33-58-56(35-43)61-52-31-28-44(40-16-6-3-7-17-40)34-51(52)50-30-29-47(37-55(50)61)62-46-23-14-22-45(36-46)59-38-60(54-27-13-12-26-53(54)59)57-48(41-18-8-4-9-19-41)24-15-25-49(57)42-20-10-5-11-21-42;/h3-35,39H,1-2H3;/q-2;. The summed E-state index contributed by atoms with van der Waals surface area (Å²) >= 11 is 0. The number of pyridine rings is 1. The van der Waals surface area contributed by atoms with E-state index in [-0.39, 0.29) is 21.1 Å². The molecule has 63 heavy (non-hydrogen) atoms. The minimum absolute atomic E-state index is 0. The normalized spacial score (nSPS) is 11.3. The van der Waals surface area contributed by atoms with Crippen molar-refractivity contribution >= 4 is 32.8 Å². The average molecular weight is 992 g/mol. The molecule has 0 aliphatic heterocycles. The molecular formula is C57H40N4OPt-2. The summed E-state index contributed by atoms with van der Waals surface area (Å²) in [5, 5.41) is 2.20. The first-order valence-corrected chi connectivity index (χ1v) is 21.0. The van der Waals surface area contributed by atoms with Gasteiger partial charge in [-0.05, 0) is 74.1 Å². The van der Waals surface area contributed by atoms with Crippen molar-refractivity contribution in [1.29, 1.82) is 0 Å². The molecule has 8 aromatic carbocycles. The molecule has 6 heteroatoms. The maximum absolute atomic E-state index is 6.67. The summed E-state index contributed by atoms with van der Waals surface area (Å²) in [6.07, 6.45) is 5.65. The van der Waals surface area contributed by atoms with E-state index >= 15 is 0 Å². The van der Waals surface area contributed by atoms with E-state index in [1.54, 1.807) is 0 Å². The van der Waals surface area contributed by atoms with Crippen LogP contribution in [0.3, 0.4) is 0 Å². The van der Waals surface area contributed by atoms with Crippen LogP contribution in [0.1, 0.15) is 25.3 Å². The molecule has 3 aromatic heterocycles. The summed E-state index contributed by atoms with van der Waals surface area (Å²) in [5.74, 6) is 2.35. The predicted octanol–water partition coefficient (Wildman–Crippen LogP) is 13.7. The van der Waals surface area contributed by atoms with Crippen molar-refractivity contribution in [2.75, 3.05) is 0 Å². The zero-order valence-electron chi connectivity index (χ0n) is 34.6. The second-order valence-corrected chi connectivity index (χ2v) is 15.8. The summed E-state index contributed by atoms with van der Waals surface area (Å²) in [6, 6.07) is 74.8. The van der Waals surface area contributed by atoms with E-state index < -0.39 is 0 Å². The average Bonchev–Trinajstić information content (AvgIpc) is 3.88. The molecule has 0 unspecified atom stereocenters. The van der Waals surface area contributed by atoms with Crippen LogP contribution in [0.15, 0.2) is 200 Å². The SMILES string of the molecule is CC(C)c1ccnc(-n2c3[c-]c(Oc4[c-]c(-n5[c-][n+](-c6c(-c7ccccc7)cccc6-c6ccccc6)c6ccccc65)ccc4)ccc3c3cc(-c4ccccc4)ccc32)c1.[Pt]. The molecule has 0 radical (unpaired) electrons. The van der Waals surface area contributed by atoms with Crippen LogP contribution in [0.5, 0.6) is 11.5 Å². The van der Waals surface area contributed by atoms with Crippen LogP contribution < -0.4 is 9.30 Å². The van der Waals surface area contributed by atoms with Gasteiger partial charge in [0, 0.05) is 44.3 Å². The molecule has 3 heterocycles. The topological polar surface area (TPSA) is 35.9 Å². The Morgan fingerprint density at radius 2 is 1.19 bits per heavy atom. The number of nitrogens with zero attached hydrogens (tertiary/aromatic N) is 4. The molecule has 0 N–H and O–H groups in total. The Morgan fingerprint density at radius 3 is 1.90 bits per heavy atom. The van der Waals surface area contributed by atoms with Gasteiger partial charge in [-0.2, -0.15) is 18.2 Å². The van der Waals surface area contributed by atoms with Crippen LogP contribution in [-0.2, 0) is 21.1 Å². The summed E-state index contributed by atoms with van der Waals surface area (Å²) in [4.78, 5) is 4.89. The van der Waals surface area contributed by atoms with E-state index in [9.17, 15) is 0 Å². The molecular weight excluding hydrogens is 952 g/mol. The molecule has 0 fully saturated rings. The molecule has 0 saturated carbocycles. The fourth-order valence-corrected chi connectivity index (χ4v) is 8.58. The maximum Gasteiger partial charge on any atom is 0.268 e. The van der Waals surface area contributed by atoms with Crippen molar-refractivity contribution in [2.45, 2.75) is 19.8 Å². The molecule has 11 rings (SSSR count). The summed E-state index contributed by atoms with van der Waals surface area (Å²) in [5.41, 5.74) is 13.9. The number of aromatic nitrogens is 4. The third-order valence-corrected chi connectivity index (χ3v) is 11.6. The summed E-state index contributed by atoms with van der Waals surface area (Å²) < 4.78 is 13.1. The largest absolute Gasteiger partial charge is 0.510 e. The number of ether oxygens (including phenoxy) is 1. The monoisotopic (exact) mass is 991 g/mol. The summed E-state index contributed by atoms with van der Waals surface area (Å²) in [7, 11) is 0. The first-order chi connectivity index (χ1) is 30.6. The quantitative estimate of drug-likeness (QED) is 0.107. The molecule has 0 aliphatic rings. The zero-order chi connectivity index (χ0) is 41.6. The fraction of sp³-hybridized carbons (Fsp3) is 0.0526. The molecule has 0 aliphatic carbocycles. The van der Waals surface area contributed by atoms with Gasteiger partial charge in [0.2, 0.25) is 0 Å². The molecule has 0 spiro atoms. The van der Waals surface area contributed by atoms with Crippen molar-refractivity contribution in [3.8, 4) is 62.1 Å². The number of benzene rings is 8. The molecule has 0 bridgehead atoms. The van der Waals surface area contributed by atoms with Crippen LogP contribution in [0.2, 0.25) is 0 Å². The minimum atomic E-state index is 0. The number of hydrogen-bond donors (Lipinski definition) is 0. The van der Waals surface area contributed by atoms with E-state index in [0.29, 0.717) is 17.4 Å². The van der Waals surface area contributed by atoms with Crippen molar-refractivity contribution in [1.82, 2.24) is 14.1 Å². The van der Waals surface area contributed by atoms with Gasteiger partial charge in [0.25, 0.3) is 6.33 Å². The van der Waals surface area contributed by atoms with E-state index in [2.05, 4.69) is 210 Å². The number of rotatable bonds is 9. The first-order valence-electron chi connectivity index (χ1n) is 21.0. The van der Waals surface area contributed by atoms with Gasteiger partial charge in [0.1, 0.15) is 5.82 Å². The van der Waals surface area contributed by atoms with Gasteiger partial charge in [-0.25, -0.2) is 4.98 Å². The first kappa shape index (κ1) is 39.8. The molecule has 5 nitrogen and oxygen atoms in total. The van der Waals surface area contributed by atoms with Crippen molar-refractivity contribution in [3.05, 3.63) is 224 Å². The molecule has 306 valence electrons. The van der Waals surface area contributed by atoms with Crippen LogP contribution in [0.4, 0.5) is 0 Å².